The molecule has 2 aliphatic heterocycles. The maximum Gasteiger partial charge on any atom is 0.270 e. The van der Waals surface area contributed by atoms with Crippen LogP contribution in [0.5, 0.6) is 0 Å². The molecule has 0 bridgehead atoms. The molecule has 226 valence electrons. The van der Waals surface area contributed by atoms with E-state index in [1.807, 2.05) is 0 Å². The molecule has 0 aliphatic carbocycles. The monoisotopic (exact) mass is 606 g/mol. The number of carbonyl (C=O) groups is 3. The summed E-state index contributed by atoms with van der Waals surface area (Å²) >= 11 is -1.93. The summed E-state index contributed by atoms with van der Waals surface area (Å²) < 4.78 is 33.2. The molecule has 43 heavy (non-hydrogen) atoms. The standard InChI is InChI=1S/C32H35FN4O5S/c33-27-8-3-22(4-9-27)20-36-15-13-28(14-16-36)35-31(39)29-10-7-26(19-34-29)32(40)37-17-11-25(12-18-37)30(38)24-5-1-23(2-6-24)21-43(41)42/h1-10,19,25,28H,11-18,20-21H2,(H,35,39)(H,41,42). The Labute approximate surface area is 252 Å². The number of hydrogen-bond donors (Lipinski definition) is 2. The van der Waals surface area contributed by atoms with Gasteiger partial charge in [-0.25, -0.2) is 8.60 Å². The third-order valence-electron chi connectivity index (χ3n) is 8.17. The van der Waals surface area contributed by atoms with Gasteiger partial charge in [0, 0.05) is 56.4 Å². The van der Waals surface area contributed by atoms with Crippen LogP contribution < -0.4 is 5.32 Å². The van der Waals surface area contributed by atoms with Crippen LogP contribution in [-0.4, -0.2) is 73.4 Å². The van der Waals surface area contributed by atoms with E-state index in [1.165, 1.54) is 18.3 Å². The average molecular weight is 607 g/mol. The molecule has 2 N–H and O–H groups in total. The number of nitrogens with zero attached hydrogens (tertiary/aromatic N) is 3. The molecule has 0 radical (unpaired) electrons. The number of carbonyl (C=O) groups excluding carboxylic acids is 3. The largest absolute Gasteiger partial charge is 0.348 e. The van der Waals surface area contributed by atoms with Crippen LogP contribution in [0.1, 0.15) is 68.0 Å². The summed E-state index contributed by atoms with van der Waals surface area (Å²) in [6.45, 7) is 3.28. The van der Waals surface area contributed by atoms with Crippen molar-refractivity contribution in [1.29, 1.82) is 0 Å². The van der Waals surface area contributed by atoms with Crippen LogP contribution in [-0.2, 0) is 23.4 Å². The molecule has 0 spiro atoms. The van der Waals surface area contributed by atoms with E-state index in [2.05, 4.69) is 15.2 Å². The third kappa shape index (κ3) is 8.19. The van der Waals surface area contributed by atoms with Crippen molar-refractivity contribution in [2.45, 2.75) is 44.0 Å². The molecule has 0 saturated carbocycles. The number of Topliss-reactive ketones (excluding diaryl/α,β-unsaturated/α-hetero) is 1. The minimum absolute atomic E-state index is 0.0133. The topological polar surface area (TPSA) is 120 Å². The number of nitrogens with one attached hydrogen (secondary N) is 1. The molecule has 2 amide bonds. The van der Waals surface area contributed by atoms with Crippen LogP contribution in [0.25, 0.3) is 0 Å². The summed E-state index contributed by atoms with van der Waals surface area (Å²) in [7, 11) is 0. The molecule has 2 fully saturated rings. The van der Waals surface area contributed by atoms with E-state index in [9.17, 15) is 23.0 Å². The van der Waals surface area contributed by atoms with Gasteiger partial charge in [-0.3, -0.25) is 24.3 Å². The number of pyridine rings is 1. The summed E-state index contributed by atoms with van der Waals surface area (Å²) in [5.41, 5.74) is 2.96. The maximum atomic E-state index is 13.1. The van der Waals surface area contributed by atoms with E-state index in [0.29, 0.717) is 42.6 Å². The first-order valence-corrected chi connectivity index (χ1v) is 15.8. The molecule has 3 aromatic rings. The van der Waals surface area contributed by atoms with Crippen molar-refractivity contribution in [2.24, 2.45) is 5.92 Å². The van der Waals surface area contributed by atoms with Gasteiger partial charge in [-0.2, -0.15) is 0 Å². The molecule has 2 aliphatic rings. The molecule has 1 unspecified atom stereocenters. The van der Waals surface area contributed by atoms with Gasteiger partial charge >= 0.3 is 0 Å². The van der Waals surface area contributed by atoms with Crippen LogP contribution in [0.4, 0.5) is 4.39 Å². The Morgan fingerprint density at radius 3 is 2.09 bits per heavy atom. The van der Waals surface area contributed by atoms with Gasteiger partial charge in [-0.05, 0) is 61.1 Å². The van der Waals surface area contributed by atoms with Gasteiger partial charge in [0.2, 0.25) is 0 Å². The second kappa shape index (κ2) is 14.1. The highest BCUT2D eigenvalue weighted by atomic mass is 32.2. The highest BCUT2D eigenvalue weighted by Crippen LogP contribution is 2.24. The lowest BCUT2D eigenvalue weighted by molar-refractivity contribution is 0.0649. The quantitative estimate of drug-likeness (QED) is 0.278. The number of amides is 2. The van der Waals surface area contributed by atoms with Gasteiger partial charge < -0.3 is 14.8 Å². The minimum atomic E-state index is -1.93. The second-order valence-corrected chi connectivity index (χ2v) is 12.1. The van der Waals surface area contributed by atoms with Crippen LogP contribution in [0.3, 0.4) is 0 Å². The first-order valence-electron chi connectivity index (χ1n) is 14.5. The van der Waals surface area contributed by atoms with Crippen molar-refractivity contribution >= 4 is 28.7 Å². The first kappa shape index (κ1) is 30.7. The number of likely N-dealkylation sites (tertiary alicyclic amines) is 2. The summed E-state index contributed by atoms with van der Waals surface area (Å²) in [6.07, 6.45) is 4.13. The predicted molar refractivity (Wildman–Crippen MR) is 160 cm³/mol. The Kier molecular flexibility index (Phi) is 10.1. The van der Waals surface area contributed by atoms with Crippen molar-refractivity contribution < 1.29 is 27.5 Å². The van der Waals surface area contributed by atoms with E-state index in [4.69, 9.17) is 4.55 Å². The summed E-state index contributed by atoms with van der Waals surface area (Å²) in [4.78, 5) is 47.1. The van der Waals surface area contributed by atoms with Crippen molar-refractivity contribution in [3.05, 3.63) is 101 Å². The fraction of sp³-hybridized carbons (Fsp3) is 0.375. The average Bonchev–Trinajstić information content (AvgIpc) is 3.02. The molecule has 2 aromatic carbocycles. The molecule has 1 atom stereocenters. The van der Waals surface area contributed by atoms with Crippen LogP contribution in [0, 0.1) is 11.7 Å². The van der Waals surface area contributed by atoms with E-state index in [0.717, 1.165) is 38.0 Å². The fourth-order valence-corrected chi connectivity index (χ4v) is 6.15. The van der Waals surface area contributed by atoms with Crippen LogP contribution in [0.2, 0.25) is 0 Å². The van der Waals surface area contributed by atoms with Crippen molar-refractivity contribution in [3.63, 3.8) is 0 Å². The lowest BCUT2D eigenvalue weighted by Crippen LogP contribution is -2.44. The number of rotatable bonds is 9. The van der Waals surface area contributed by atoms with E-state index in [1.54, 1.807) is 53.4 Å². The lowest BCUT2D eigenvalue weighted by Gasteiger charge is -2.32. The van der Waals surface area contributed by atoms with E-state index >= 15 is 0 Å². The summed E-state index contributed by atoms with van der Waals surface area (Å²) in [5.74, 6) is -0.852. The van der Waals surface area contributed by atoms with Gasteiger partial charge in [0.15, 0.2) is 16.9 Å². The van der Waals surface area contributed by atoms with Gasteiger partial charge in [0.05, 0.1) is 11.3 Å². The number of piperidine rings is 2. The predicted octanol–water partition coefficient (Wildman–Crippen LogP) is 4.07. The Morgan fingerprint density at radius 1 is 0.860 bits per heavy atom. The van der Waals surface area contributed by atoms with Crippen molar-refractivity contribution in [1.82, 2.24) is 20.1 Å². The number of hydrogen-bond acceptors (Lipinski definition) is 6. The highest BCUT2D eigenvalue weighted by molar-refractivity contribution is 7.78. The number of halogens is 1. The smallest absolute Gasteiger partial charge is 0.270 e. The third-order valence-corrected chi connectivity index (χ3v) is 8.75. The van der Waals surface area contributed by atoms with Gasteiger partial charge in [0.1, 0.15) is 11.5 Å². The number of aromatic nitrogens is 1. The molecule has 2 saturated heterocycles. The lowest BCUT2D eigenvalue weighted by atomic mass is 9.88. The molecule has 3 heterocycles. The molecular weight excluding hydrogens is 571 g/mol. The molecular formula is C32H35FN4O5S. The summed E-state index contributed by atoms with van der Waals surface area (Å²) in [5, 5.41) is 3.05. The number of benzene rings is 2. The zero-order valence-corrected chi connectivity index (χ0v) is 24.6. The van der Waals surface area contributed by atoms with Gasteiger partial charge in [-0.1, -0.05) is 36.4 Å². The minimum Gasteiger partial charge on any atom is -0.348 e. The van der Waals surface area contributed by atoms with Crippen LogP contribution >= 0.6 is 0 Å². The fourth-order valence-electron chi connectivity index (χ4n) is 5.67. The highest BCUT2D eigenvalue weighted by Gasteiger charge is 2.29. The zero-order valence-electron chi connectivity index (χ0n) is 23.8. The van der Waals surface area contributed by atoms with Gasteiger partial charge in [-0.15, -0.1) is 0 Å². The Hall–Kier alpha value is -3.80. The van der Waals surface area contributed by atoms with E-state index < -0.39 is 11.1 Å². The number of ketones is 1. The zero-order chi connectivity index (χ0) is 30.3. The van der Waals surface area contributed by atoms with Gasteiger partial charge in [0.25, 0.3) is 11.8 Å². The molecule has 9 nitrogen and oxygen atoms in total. The SMILES string of the molecule is O=C(NC1CCN(Cc2ccc(F)cc2)CC1)c1ccc(C(=O)N2CCC(C(=O)c3ccc(CS(=O)O)cc3)CC2)cn1. The summed E-state index contributed by atoms with van der Waals surface area (Å²) in [6, 6.07) is 16.5. The Morgan fingerprint density at radius 2 is 1.49 bits per heavy atom. The second-order valence-electron chi connectivity index (χ2n) is 11.2. The Balaban J connectivity index is 1.06. The van der Waals surface area contributed by atoms with E-state index in [-0.39, 0.29) is 46.8 Å². The molecule has 1 aromatic heterocycles. The first-order chi connectivity index (χ1) is 20.7. The maximum absolute atomic E-state index is 13.1. The van der Waals surface area contributed by atoms with Crippen molar-refractivity contribution in [3.8, 4) is 0 Å². The normalized spacial score (nSPS) is 17.4. The molecule has 5 rings (SSSR count). The molecule has 11 heteroatoms. The van der Waals surface area contributed by atoms with Crippen molar-refractivity contribution in [2.75, 3.05) is 26.2 Å². The Bertz CT molecular complexity index is 1450. The van der Waals surface area contributed by atoms with Crippen LogP contribution in [0.15, 0.2) is 66.9 Å².